The highest BCUT2D eigenvalue weighted by Crippen LogP contribution is 2.30. The van der Waals surface area contributed by atoms with Crippen LogP contribution in [0.25, 0.3) is 11.1 Å². The first-order chi connectivity index (χ1) is 9.04. The molecule has 0 spiro atoms. The summed E-state index contributed by atoms with van der Waals surface area (Å²) in [6, 6.07) is 8.49. The molecule has 0 radical (unpaired) electrons. The summed E-state index contributed by atoms with van der Waals surface area (Å²) >= 11 is 3.24. The molecular formula is C14H9BrF2O2. The van der Waals surface area contributed by atoms with Crippen LogP contribution in [0.2, 0.25) is 0 Å². The summed E-state index contributed by atoms with van der Waals surface area (Å²) in [4.78, 5) is 11.7. The molecule has 0 unspecified atom stereocenters. The van der Waals surface area contributed by atoms with E-state index in [-0.39, 0.29) is 16.7 Å². The summed E-state index contributed by atoms with van der Waals surface area (Å²) in [5.41, 5.74) is 0.468. The van der Waals surface area contributed by atoms with E-state index >= 15 is 0 Å². The van der Waals surface area contributed by atoms with Gasteiger partial charge < -0.3 is 4.74 Å². The molecule has 2 rings (SSSR count). The zero-order valence-corrected chi connectivity index (χ0v) is 11.5. The lowest BCUT2D eigenvalue weighted by Gasteiger charge is -2.10. The number of ether oxygens (including phenoxy) is 1. The molecule has 0 aliphatic carbocycles. The Morgan fingerprint density at radius 3 is 2.58 bits per heavy atom. The smallest absolute Gasteiger partial charge is 0.338 e. The average Bonchev–Trinajstić information content (AvgIpc) is 2.41. The first kappa shape index (κ1) is 13.7. The molecule has 2 nitrogen and oxygen atoms in total. The van der Waals surface area contributed by atoms with Crippen LogP contribution in [-0.4, -0.2) is 13.1 Å². The molecule has 2 aromatic rings. The van der Waals surface area contributed by atoms with Crippen LogP contribution in [0.4, 0.5) is 8.78 Å². The van der Waals surface area contributed by atoms with Gasteiger partial charge in [0.05, 0.1) is 12.7 Å². The van der Waals surface area contributed by atoms with E-state index in [1.165, 1.54) is 25.3 Å². The predicted octanol–water partition coefficient (Wildman–Crippen LogP) is 4.18. The molecule has 0 fully saturated rings. The molecule has 2 aromatic carbocycles. The average molecular weight is 327 g/mol. The van der Waals surface area contributed by atoms with Gasteiger partial charge in [0.25, 0.3) is 0 Å². The minimum atomic E-state index is -0.995. The van der Waals surface area contributed by atoms with Crippen molar-refractivity contribution >= 4 is 21.9 Å². The molecule has 0 N–H and O–H groups in total. The fourth-order valence-electron chi connectivity index (χ4n) is 1.74. The first-order valence-corrected chi connectivity index (χ1v) is 6.16. The van der Waals surface area contributed by atoms with E-state index in [0.717, 1.165) is 6.07 Å². The van der Waals surface area contributed by atoms with Gasteiger partial charge in [0, 0.05) is 15.6 Å². The quantitative estimate of drug-likeness (QED) is 0.774. The number of carbonyl (C=O) groups excluding carboxylic acids is 1. The van der Waals surface area contributed by atoms with Crippen LogP contribution >= 0.6 is 15.9 Å². The summed E-state index contributed by atoms with van der Waals surface area (Å²) in [7, 11) is 1.23. The highest BCUT2D eigenvalue weighted by Gasteiger charge is 2.18. The number of hydrogen-bond donors (Lipinski definition) is 0. The number of carbonyl (C=O) groups is 1. The van der Waals surface area contributed by atoms with Crippen molar-refractivity contribution in [2.75, 3.05) is 7.11 Å². The van der Waals surface area contributed by atoms with E-state index in [1.54, 1.807) is 12.1 Å². The molecule has 0 aromatic heterocycles. The van der Waals surface area contributed by atoms with Gasteiger partial charge in [-0.1, -0.05) is 28.1 Å². The number of halogens is 3. The summed E-state index contributed by atoms with van der Waals surface area (Å²) in [6.45, 7) is 0. The molecule has 19 heavy (non-hydrogen) atoms. The third-order valence-electron chi connectivity index (χ3n) is 2.63. The minimum absolute atomic E-state index is 0.0155. The summed E-state index contributed by atoms with van der Waals surface area (Å²) in [5.74, 6) is -2.56. The standard InChI is InChI=1S/C14H9BrF2O2/c1-19-14(18)10-6-5-8(15)7-11(10)9-3-2-4-12(16)13(9)17/h2-7H,1H3. The maximum atomic E-state index is 13.8. The molecule has 0 saturated heterocycles. The molecule has 5 heteroatoms. The van der Waals surface area contributed by atoms with E-state index in [0.29, 0.717) is 4.47 Å². The molecule has 0 aliphatic heterocycles. The normalized spacial score (nSPS) is 10.3. The Labute approximate surface area is 117 Å². The first-order valence-electron chi connectivity index (χ1n) is 5.37. The molecular weight excluding hydrogens is 318 g/mol. The van der Waals surface area contributed by atoms with Crippen LogP contribution in [0.5, 0.6) is 0 Å². The minimum Gasteiger partial charge on any atom is -0.465 e. The van der Waals surface area contributed by atoms with E-state index in [4.69, 9.17) is 0 Å². The summed E-state index contributed by atoms with van der Waals surface area (Å²) in [6.07, 6.45) is 0. The summed E-state index contributed by atoms with van der Waals surface area (Å²) < 4.78 is 32.4. The second kappa shape index (κ2) is 5.48. The van der Waals surface area contributed by atoms with Crippen molar-refractivity contribution in [1.82, 2.24) is 0 Å². The largest absolute Gasteiger partial charge is 0.465 e. The Hall–Kier alpha value is -1.75. The zero-order valence-electron chi connectivity index (χ0n) is 9.91. The van der Waals surface area contributed by atoms with Crippen molar-refractivity contribution in [1.29, 1.82) is 0 Å². The van der Waals surface area contributed by atoms with Gasteiger partial charge in [-0.05, 0) is 24.3 Å². The lowest BCUT2D eigenvalue weighted by Crippen LogP contribution is -2.04. The molecule has 98 valence electrons. The van der Waals surface area contributed by atoms with Crippen molar-refractivity contribution in [3.8, 4) is 11.1 Å². The lowest BCUT2D eigenvalue weighted by molar-refractivity contribution is 0.0601. The SMILES string of the molecule is COC(=O)c1ccc(Br)cc1-c1cccc(F)c1F. The molecule has 0 amide bonds. The van der Waals surface area contributed by atoms with Gasteiger partial charge in [0.1, 0.15) is 0 Å². The topological polar surface area (TPSA) is 26.3 Å². The van der Waals surface area contributed by atoms with Crippen molar-refractivity contribution in [2.45, 2.75) is 0 Å². The van der Waals surface area contributed by atoms with Crippen LogP contribution in [0, 0.1) is 11.6 Å². The maximum Gasteiger partial charge on any atom is 0.338 e. The highest BCUT2D eigenvalue weighted by molar-refractivity contribution is 9.10. The fraction of sp³-hybridized carbons (Fsp3) is 0.0714. The van der Waals surface area contributed by atoms with Gasteiger partial charge >= 0.3 is 5.97 Å². The Bertz CT molecular complexity index is 641. The number of benzene rings is 2. The third-order valence-corrected chi connectivity index (χ3v) is 3.12. The van der Waals surface area contributed by atoms with Crippen molar-refractivity contribution < 1.29 is 18.3 Å². The van der Waals surface area contributed by atoms with E-state index in [2.05, 4.69) is 20.7 Å². The van der Waals surface area contributed by atoms with Crippen molar-refractivity contribution in [3.05, 3.63) is 58.1 Å². The van der Waals surface area contributed by atoms with Gasteiger partial charge in [-0.2, -0.15) is 0 Å². The Morgan fingerprint density at radius 1 is 1.16 bits per heavy atom. The van der Waals surface area contributed by atoms with Crippen LogP contribution in [0.15, 0.2) is 40.9 Å². The number of rotatable bonds is 2. The fourth-order valence-corrected chi connectivity index (χ4v) is 2.10. The number of esters is 1. The van der Waals surface area contributed by atoms with Gasteiger partial charge in [0.15, 0.2) is 11.6 Å². The monoisotopic (exact) mass is 326 g/mol. The van der Waals surface area contributed by atoms with Gasteiger partial charge in [-0.15, -0.1) is 0 Å². The van der Waals surface area contributed by atoms with E-state index < -0.39 is 17.6 Å². The molecule has 0 heterocycles. The second-order valence-electron chi connectivity index (χ2n) is 3.78. The summed E-state index contributed by atoms with van der Waals surface area (Å²) in [5, 5.41) is 0. The van der Waals surface area contributed by atoms with Crippen molar-refractivity contribution in [3.63, 3.8) is 0 Å². The number of hydrogen-bond acceptors (Lipinski definition) is 2. The van der Waals surface area contributed by atoms with Gasteiger partial charge in [-0.3, -0.25) is 0 Å². The number of methoxy groups -OCH3 is 1. The lowest BCUT2D eigenvalue weighted by atomic mass is 9.99. The van der Waals surface area contributed by atoms with Crippen LogP contribution < -0.4 is 0 Å². The molecule has 0 atom stereocenters. The van der Waals surface area contributed by atoms with Crippen LogP contribution in [-0.2, 0) is 4.74 Å². The Kier molecular flexibility index (Phi) is 3.95. The van der Waals surface area contributed by atoms with Gasteiger partial charge in [0.2, 0.25) is 0 Å². The Balaban J connectivity index is 2.70. The van der Waals surface area contributed by atoms with Crippen molar-refractivity contribution in [2.24, 2.45) is 0 Å². The highest BCUT2D eigenvalue weighted by atomic mass is 79.9. The van der Waals surface area contributed by atoms with E-state index in [9.17, 15) is 13.6 Å². The second-order valence-corrected chi connectivity index (χ2v) is 4.70. The van der Waals surface area contributed by atoms with Gasteiger partial charge in [-0.25, -0.2) is 13.6 Å². The van der Waals surface area contributed by atoms with Crippen LogP contribution in [0.1, 0.15) is 10.4 Å². The molecule has 0 aliphatic rings. The Morgan fingerprint density at radius 2 is 1.89 bits per heavy atom. The molecule has 0 bridgehead atoms. The molecule has 0 saturated carbocycles. The predicted molar refractivity (Wildman–Crippen MR) is 70.8 cm³/mol. The third kappa shape index (κ3) is 2.66. The van der Waals surface area contributed by atoms with E-state index in [1.807, 2.05) is 0 Å². The maximum absolute atomic E-state index is 13.8. The van der Waals surface area contributed by atoms with Crippen LogP contribution in [0.3, 0.4) is 0 Å². The zero-order chi connectivity index (χ0) is 14.0.